The summed E-state index contributed by atoms with van der Waals surface area (Å²) in [5.41, 5.74) is 0.893. The van der Waals surface area contributed by atoms with Gasteiger partial charge in [-0.2, -0.15) is 0 Å². The Bertz CT molecular complexity index is 951. The van der Waals surface area contributed by atoms with Gasteiger partial charge in [0.1, 0.15) is 17.3 Å². The van der Waals surface area contributed by atoms with E-state index in [1.165, 1.54) is 12.1 Å². The summed E-state index contributed by atoms with van der Waals surface area (Å²) in [6.45, 7) is 3.41. The second-order valence-corrected chi connectivity index (χ2v) is 8.44. The number of aromatic nitrogens is 1. The van der Waals surface area contributed by atoms with Crippen LogP contribution < -0.4 is 10.1 Å². The number of carbonyl (C=O) groups excluding carboxylic acids is 2. The highest BCUT2D eigenvalue weighted by atomic mass is 35.5. The Morgan fingerprint density at radius 2 is 2.04 bits per heavy atom. The third-order valence-electron chi connectivity index (χ3n) is 5.76. The van der Waals surface area contributed by atoms with E-state index < -0.39 is 5.82 Å². The Kier molecular flexibility index (Phi) is 4.45. The Labute approximate surface area is 166 Å². The number of amides is 1. The molecular weight excluding hydrogens is 387 g/mol. The van der Waals surface area contributed by atoms with Crippen molar-refractivity contribution in [3.63, 3.8) is 0 Å². The van der Waals surface area contributed by atoms with Crippen molar-refractivity contribution in [2.45, 2.75) is 45.1 Å². The van der Waals surface area contributed by atoms with Crippen molar-refractivity contribution in [2.24, 2.45) is 5.41 Å². The number of hydrogen-bond donors (Lipinski definition) is 1. The van der Waals surface area contributed by atoms with Crippen molar-refractivity contribution in [3.8, 4) is 5.75 Å². The second kappa shape index (κ2) is 6.58. The van der Waals surface area contributed by atoms with Crippen LogP contribution in [0.1, 0.15) is 47.5 Å². The normalized spacial score (nSPS) is 24.9. The molecule has 0 radical (unpaired) electrons. The lowest BCUT2D eigenvalue weighted by Gasteiger charge is -2.70. The van der Waals surface area contributed by atoms with Crippen molar-refractivity contribution < 1.29 is 23.2 Å². The van der Waals surface area contributed by atoms with Gasteiger partial charge in [0.15, 0.2) is 18.1 Å². The Balaban J connectivity index is 1.25. The molecule has 3 aliphatic carbocycles. The summed E-state index contributed by atoms with van der Waals surface area (Å²) in [5.74, 6) is 0.0309. The molecule has 1 aromatic heterocycles. The summed E-state index contributed by atoms with van der Waals surface area (Å²) in [7, 11) is 0. The molecule has 148 valence electrons. The minimum atomic E-state index is -0.594. The zero-order chi connectivity index (χ0) is 20.1. The molecule has 1 N–H and O–H groups in total. The zero-order valence-corrected chi connectivity index (χ0v) is 16.4. The van der Waals surface area contributed by atoms with Gasteiger partial charge < -0.3 is 14.6 Å². The summed E-state index contributed by atoms with van der Waals surface area (Å²) >= 11 is 5.62. The predicted molar refractivity (Wildman–Crippen MR) is 99.0 cm³/mol. The molecule has 3 saturated carbocycles. The number of Topliss-reactive ketones (excluding diaryl/α,β-unsaturated/α-hetero) is 1. The van der Waals surface area contributed by atoms with Crippen LogP contribution >= 0.6 is 11.6 Å². The van der Waals surface area contributed by atoms with Crippen LogP contribution in [0, 0.1) is 25.1 Å². The highest BCUT2D eigenvalue weighted by Crippen LogP contribution is 2.69. The topological polar surface area (TPSA) is 81.4 Å². The monoisotopic (exact) mass is 406 g/mol. The summed E-state index contributed by atoms with van der Waals surface area (Å²) in [6, 6.07) is 4.03. The third-order valence-corrected chi connectivity index (χ3v) is 6.07. The van der Waals surface area contributed by atoms with Gasteiger partial charge in [-0.3, -0.25) is 9.59 Å². The lowest BCUT2D eigenvalue weighted by atomic mass is 9.38. The van der Waals surface area contributed by atoms with Gasteiger partial charge in [-0.1, -0.05) is 16.8 Å². The average Bonchev–Trinajstić information content (AvgIpc) is 2.92. The molecule has 2 bridgehead atoms. The molecule has 0 atom stereocenters. The summed E-state index contributed by atoms with van der Waals surface area (Å²) < 4.78 is 23.8. The van der Waals surface area contributed by atoms with Crippen LogP contribution in [-0.2, 0) is 4.79 Å². The first-order valence-electron chi connectivity index (χ1n) is 9.06. The molecule has 1 heterocycles. The van der Waals surface area contributed by atoms with Crippen LogP contribution in [0.15, 0.2) is 22.7 Å². The van der Waals surface area contributed by atoms with E-state index in [4.69, 9.17) is 20.9 Å². The molecule has 2 aromatic rings. The average molecular weight is 407 g/mol. The number of ether oxygens (including phenoxy) is 1. The van der Waals surface area contributed by atoms with Crippen LogP contribution in [0.25, 0.3) is 0 Å². The minimum Gasteiger partial charge on any atom is -0.484 e. The Hall–Kier alpha value is -2.41. The fourth-order valence-corrected chi connectivity index (χ4v) is 4.59. The van der Waals surface area contributed by atoms with Crippen LogP contribution in [0.2, 0.25) is 5.02 Å². The Morgan fingerprint density at radius 3 is 2.64 bits per heavy atom. The van der Waals surface area contributed by atoms with Crippen molar-refractivity contribution >= 4 is 23.3 Å². The molecular formula is C20H20ClFN2O4. The van der Waals surface area contributed by atoms with Crippen molar-refractivity contribution in [3.05, 3.63) is 46.1 Å². The molecule has 0 unspecified atom stereocenters. The van der Waals surface area contributed by atoms with Crippen molar-refractivity contribution in [1.29, 1.82) is 0 Å². The van der Waals surface area contributed by atoms with Gasteiger partial charge in [-0.05, 0) is 50.7 Å². The number of benzene rings is 1. The zero-order valence-electron chi connectivity index (χ0n) is 15.6. The summed E-state index contributed by atoms with van der Waals surface area (Å²) in [6.07, 6.45) is 2.72. The number of hydrogen-bond acceptors (Lipinski definition) is 5. The maximum Gasteiger partial charge on any atom is 0.258 e. The van der Waals surface area contributed by atoms with E-state index in [-0.39, 0.29) is 40.0 Å². The van der Waals surface area contributed by atoms with E-state index >= 15 is 0 Å². The van der Waals surface area contributed by atoms with E-state index in [1.54, 1.807) is 6.92 Å². The van der Waals surface area contributed by atoms with Crippen LogP contribution in [0.3, 0.4) is 0 Å². The van der Waals surface area contributed by atoms with Gasteiger partial charge >= 0.3 is 0 Å². The molecule has 0 saturated heterocycles. The van der Waals surface area contributed by atoms with Gasteiger partial charge in [0.25, 0.3) is 5.91 Å². The smallest absolute Gasteiger partial charge is 0.258 e. The maximum absolute atomic E-state index is 13.4. The largest absolute Gasteiger partial charge is 0.484 e. The number of halogens is 2. The van der Waals surface area contributed by atoms with Gasteiger partial charge in [-0.25, -0.2) is 4.39 Å². The first kappa shape index (κ1) is 18.9. The first-order chi connectivity index (χ1) is 13.2. The van der Waals surface area contributed by atoms with E-state index in [9.17, 15) is 14.0 Å². The molecule has 1 aromatic carbocycles. The third kappa shape index (κ3) is 3.28. The predicted octanol–water partition coefficient (Wildman–Crippen LogP) is 3.77. The van der Waals surface area contributed by atoms with E-state index in [0.717, 1.165) is 30.9 Å². The lowest BCUT2D eigenvalue weighted by molar-refractivity contribution is -0.164. The number of nitrogens with zero attached hydrogens (tertiary/aromatic N) is 1. The standard InChI is InChI=1S/C20H20ClFN2O4/c1-11-12(2)28-24-18(11)16(25)6-19-8-20(9-19,10-19)23-17(26)7-27-13-3-4-14(21)15(22)5-13/h3-5H,6-10H2,1-2H3,(H,23,26). The second-order valence-electron chi connectivity index (χ2n) is 8.04. The molecule has 0 aliphatic heterocycles. The highest BCUT2D eigenvalue weighted by Gasteiger charge is 2.68. The highest BCUT2D eigenvalue weighted by molar-refractivity contribution is 6.30. The molecule has 0 spiro atoms. The quantitative estimate of drug-likeness (QED) is 0.708. The summed E-state index contributed by atoms with van der Waals surface area (Å²) in [4.78, 5) is 24.6. The number of aryl methyl sites for hydroxylation is 1. The molecule has 1 amide bonds. The van der Waals surface area contributed by atoms with Crippen LogP contribution in [0.4, 0.5) is 4.39 Å². The van der Waals surface area contributed by atoms with Gasteiger partial charge in [-0.15, -0.1) is 0 Å². The molecule has 5 rings (SSSR count). The molecule has 28 heavy (non-hydrogen) atoms. The summed E-state index contributed by atoms with van der Waals surface area (Å²) in [5, 5.41) is 6.84. The van der Waals surface area contributed by atoms with Crippen molar-refractivity contribution in [2.75, 3.05) is 6.61 Å². The molecule has 3 aliphatic rings. The first-order valence-corrected chi connectivity index (χ1v) is 9.44. The SMILES string of the molecule is Cc1onc(C(=O)CC23CC(NC(=O)COc4ccc(Cl)c(F)c4)(C2)C3)c1C. The van der Waals surface area contributed by atoms with Gasteiger partial charge in [0.2, 0.25) is 0 Å². The molecule has 6 nitrogen and oxygen atoms in total. The fourth-order valence-electron chi connectivity index (χ4n) is 4.47. The van der Waals surface area contributed by atoms with Crippen molar-refractivity contribution in [1.82, 2.24) is 10.5 Å². The Morgan fingerprint density at radius 1 is 1.32 bits per heavy atom. The number of ketones is 1. The minimum absolute atomic E-state index is 0.00138. The lowest BCUT2D eigenvalue weighted by Crippen LogP contribution is -2.75. The van der Waals surface area contributed by atoms with E-state index in [0.29, 0.717) is 17.9 Å². The van der Waals surface area contributed by atoms with E-state index in [2.05, 4.69) is 10.5 Å². The molecule has 3 fully saturated rings. The van der Waals surface area contributed by atoms with Gasteiger partial charge in [0.05, 0.1) is 5.02 Å². The number of nitrogens with one attached hydrogen (secondary N) is 1. The maximum atomic E-state index is 13.4. The van der Waals surface area contributed by atoms with Crippen LogP contribution in [-0.4, -0.2) is 29.0 Å². The van der Waals surface area contributed by atoms with Gasteiger partial charge in [0, 0.05) is 23.6 Å². The fraction of sp³-hybridized carbons (Fsp3) is 0.450. The van der Waals surface area contributed by atoms with E-state index in [1.807, 2.05) is 6.92 Å². The van der Waals surface area contributed by atoms with Crippen LogP contribution in [0.5, 0.6) is 5.75 Å². The number of rotatable bonds is 7. The molecule has 8 heteroatoms. The number of carbonyl (C=O) groups is 2.